The van der Waals surface area contributed by atoms with Gasteiger partial charge in [-0.05, 0) is 24.6 Å². The van der Waals surface area contributed by atoms with Crippen LogP contribution in [0.5, 0.6) is 0 Å². The van der Waals surface area contributed by atoms with Crippen molar-refractivity contribution in [1.82, 2.24) is 0 Å². The lowest BCUT2D eigenvalue weighted by atomic mass is 10.4. The van der Waals surface area contributed by atoms with E-state index in [0.29, 0.717) is 6.42 Å². The molecular weight excluding hydrogens is 271 g/mol. The maximum Gasteiger partial charge on any atom is 0.297 e. The first kappa shape index (κ1) is 13.8. The Labute approximate surface area is 105 Å². The van der Waals surface area contributed by atoms with Crippen LogP contribution in [0.15, 0.2) is 23.1 Å². The van der Waals surface area contributed by atoms with Gasteiger partial charge in [-0.15, -0.1) is 0 Å². The second kappa shape index (κ2) is 5.87. The summed E-state index contributed by atoms with van der Waals surface area (Å²) in [5.41, 5.74) is 0. The Bertz CT molecular complexity index is 437. The molecule has 16 heavy (non-hydrogen) atoms. The summed E-state index contributed by atoms with van der Waals surface area (Å²) in [6.45, 7) is 2.12. The Hall–Kier alpha value is -0.290. The van der Waals surface area contributed by atoms with Crippen molar-refractivity contribution in [3.8, 4) is 0 Å². The third-order valence-corrected chi connectivity index (χ3v) is 3.59. The van der Waals surface area contributed by atoms with E-state index in [1.165, 1.54) is 18.2 Å². The summed E-state index contributed by atoms with van der Waals surface area (Å²) >= 11 is 11.4. The Kier molecular flexibility index (Phi) is 5.05. The highest BCUT2D eigenvalue weighted by atomic mass is 35.5. The van der Waals surface area contributed by atoms with Crippen LogP contribution in [-0.4, -0.2) is 15.0 Å². The minimum Gasteiger partial charge on any atom is -0.266 e. The summed E-state index contributed by atoms with van der Waals surface area (Å²) in [6.07, 6.45) is 1.55. The fraction of sp³-hybridized carbons (Fsp3) is 0.400. The third kappa shape index (κ3) is 3.94. The maximum atomic E-state index is 11.7. The minimum absolute atomic E-state index is 0.0129. The van der Waals surface area contributed by atoms with Crippen molar-refractivity contribution in [3.63, 3.8) is 0 Å². The molecule has 0 N–H and O–H groups in total. The van der Waals surface area contributed by atoms with Crippen LogP contribution in [0, 0.1) is 0 Å². The summed E-state index contributed by atoms with van der Waals surface area (Å²) < 4.78 is 28.2. The quantitative estimate of drug-likeness (QED) is 0.613. The molecule has 0 aliphatic carbocycles. The van der Waals surface area contributed by atoms with Crippen molar-refractivity contribution in [2.24, 2.45) is 0 Å². The molecule has 0 aliphatic heterocycles. The van der Waals surface area contributed by atoms with Gasteiger partial charge in [-0.2, -0.15) is 8.42 Å². The lowest BCUT2D eigenvalue weighted by molar-refractivity contribution is 0.311. The number of hydrogen-bond acceptors (Lipinski definition) is 3. The fourth-order valence-electron chi connectivity index (χ4n) is 1.05. The number of hydrogen-bond donors (Lipinski definition) is 0. The average Bonchev–Trinajstić information content (AvgIpc) is 2.16. The third-order valence-electron chi connectivity index (χ3n) is 1.86. The topological polar surface area (TPSA) is 43.4 Å². The van der Waals surface area contributed by atoms with E-state index >= 15 is 0 Å². The van der Waals surface area contributed by atoms with Gasteiger partial charge in [-0.3, -0.25) is 4.18 Å². The molecule has 6 heteroatoms. The van der Waals surface area contributed by atoms with Gasteiger partial charge in [0.05, 0.1) is 11.5 Å². The Balaban J connectivity index is 2.89. The maximum absolute atomic E-state index is 11.7. The van der Waals surface area contributed by atoms with Crippen molar-refractivity contribution in [2.75, 3.05) is 6.61 Å². The van der Waals surface area contributed by atoms with Crippen molar-refractivity contribution >= 4 is 33.3 Å². The first-order chi connectivity index (χ1) is 7.45. The molecular formula is C10H12Cl2O3S. The van der Waals surface area contributed by atoms with E-state index in [2.05, 4.69) is 0 Å². The van der Waals surface area contributed by atoms with E-state index in [-0.39, 0.29) is 21.5 Å². The molecule has 90 valence electrons. The molecule has 3 nitrogen and oxygen atoms in total. The Morgan fingerprint density at radius 3 is 2.25 bits per heavy atom. The molecule has 0 heterocycles. The van der Waals surface area contributed by atoms with E-state index < -0.39 is 10.1 Å². The molecule has 0 bridgehead atoms. The average molecular weight is 283 g/mol. The van der Waals surface area contributed by atoms with Crippen LogP contribution in [0.2, 0.25) is 10.0 Å². The van der Waals surface area contributed by atoms with Gasteiger partial charge in [0.1, 0.15) is 0 Å². The monoisotopic (exact) mass is 282 g/mol. The number of unbranched alkanes of at least 4 members (excludes halogenated alkanes) is 1. The summed E-state index contributed by atoms with van der Waals surface area (Å²) in [5, 5.41) is 0.537. The van der Waals surface area contributed by atoms with Crippen LogP contribution in [0.25, 0.3) is 0 Å². The smallest absolute Gasteiger partial charge is 0.266 e. The lowest BCUT2D eigenvalue weighted by Gasteiger charge is -2.05. The van der Waals surface area contributed by atoms with Gasteiger partial charge in [-0.25, -0.2) is 0 Å². The number of halogens is 2. The largest absolute Gasteiger partial charge is 0.297 e. The first-order valence-corrected chi connectivity index (χ1v) is 6.97. The van der Waals surface area contributed by atoms with Crippen LogP contribution in [-0.2, 0) is 14.3 Å². The number of benzene rings is 1. The Morgan fingerprint density at radius 2 is 1.75 bits per heavy atom. The molecule has 1 aromatic rings. The summed E-state index contributed by atoms with van der Waals surface area (Å²) in [7, 11) is -3.75. The summed E-state index contributed by atoms with van der Waals surface area (Å²) in [4.78, 5) is -0.0129. The van der Waals surface area contributed by atoms with E-state index in [0.717, 1.165) is 6.42 Å². The highest BCUT2D eigenvalue weighted by molar-refractivity contribution is 7.86. The zero-order valence-corrected chi connectivity index (χ0v) is 11.1. The lowest BCUT2D eigenvalue weighted by Crippen LogP contribution is -2.07. The van der Waals surface area contributed by atoms with E-state index in [1.807, 2.05) is 6.92 Å². The van der Waals surface area contributed by atoms with E-state index in [4.69, 9.17) is 27.4 Å². The van der Waals surface area contributed by atoms with Gasteiger partial charge >= 0.3 is 0 Å². The second-order valence-electron chi connectivity index (χ2n) is 3.23. The molecule has 0 unspecified atom stereocenters. The molecule has 0 radical (unpaired) electrons. The van der Waals surface area contributed by atoms with Crippen LogP contribution in [0.3, 0.4) is 0 Å². The van der Waals surface area contributed by atoms with Gasteiger partial charge < -0.3 is 0 Å². The van der Waals surface area contributed by atoms with Crippen molar-refractivity contribution in [3.05, 3.63) is 28.2 Å². The van der Waals surface area contributed by atoms with Gasteiger partial charge in [0.15, 0.2) is 0 Å². The normalized spacial score (nSPS) is 11.7. The van der Waals surface area contributed by atoms with Crippen LogP contribution < -0.4 is 0 Å². The van der Waals surface area contributed by atoms with Gasteiger partial charge in [0, 0.05) is 10.0 Å². The molecule has 1 aromatic carbocycles. The highest BCUT2D eigenvalue weighted by Gasteiger charge is 2.16. The number of rotatable bonds is 5. The molecule has 0 saturated carbocycles. The standard InChI is InChI=1S/C10H12Cl2O3S/c1-2-3-4-15-16(13,14)10-6-8(11)5-9(12)7-10/h5-7H,2-4H2,1H3. The minimum atomic E-state index is -3.75. The zero-order chi connectivity index (χ0) is 12.2. The molecule has 0 atom stereocenters. The van der Waals surface area contributed by atoms with Gasteiger partial charge in [0.2, 0.25) is 0 Å². The SMILES string of the molecule is CCCCOS(=O)(=O)c1cc(Cl)cc(Cl)c1. The second-order valence-corrected chi connectivity index (χ2v) is 5.72. The zero-order valence-electron chi connectivity index (χ0n) is 8.74. The summed E-state index contributed by atoms with van der Waals surface area (Å²) in [5.74, 6) is 0. The van der Waals surface area contributed by atoms with Gasteiger partial charge in [0.25, 0.3) is 10.1 Å². The Morgan fingerprint density at radius 1 is 1.19 bits per heavy atom. The van der Waals surface area contributed by atoms with Crippen molar-refractivity contribution in [2.45, 2.75) is 24.7 Å². The van der Waals surface area contributed by atoms with Crippen molar-refractivity contribution < 1.29 is 12.6 Å². The van der Waals surface area contributed by atoms with Crippen LogP contribution in [0.4, 0.5) is 0 Å². The highest BCUT2D eigenvalue weighted by Crippen LogP contribution is 2.23. The van der Waals surface area contributed by atoms with Gasteiger partial charge in [-0.1, -0.05) is 36.5 Å². The predicted molar refractivity (Wildman–Crippen MR) is 64.5 cm³/mol. The van der Waals surface area contributed by atoms with Crippen LogP contribution >= 0.6 is 23.2 Å². The molecule has 0 aromatic heterocycles. The molecule has 0 fully saturated rings. The molecule has 0 amide bonds. The van der Waals surface area contributed by atoms with Crippen molar-refractivity contribution in [1.29, 1.82) is 0 Å². The van der Waals surface area contributed by atoms with E-state index in [9.17, 15) is 8.42 Å². The first-order valence-electron chi connectivity index (χ1n) is 4.81. The van der Waals surface area contributed by atoms with E-state index in [1.54, 1.807) is 0 Å². The molecule has 0 aliphatic rings. The van der Waals surface area contributed by atoms with Crippen LogP contribution in [0.1, 0.15) is 19.8 Å². The molecule has 1 rings (SSSR count). The molecule has 0 saturated heterocycles. The fourth-order valence-corrected chi connectivity index (χ4v) is 2.73. The summed E-state index contributed by atoms with van der Waals surface area (Å²) in [6, 6.07) is 4.09. The predicted octanol–water partition coefficient (Wildman–Crippen LogP) is 3.50. The molecule has 0 spiro atoms.